The van der Waals surface area contributed by atoms with Crippen LogP contribution in [0.3, 0.4) is 0 Å². The van der Waals surface area contributed by atoms with Gasteiger partial charge in [0.15, 0.2) is 5.82 Å². The van der Waals surface area contributed by atoms with E-state index in [-0.39, 0.29) is 0 Å². The fraction of sp³-hybridized carbons (Fsp3) is 0.615. The highest BCUT2D eigenvalue weighted by Gasteiger charge is 2.22. The molecule has 1 aromatic carbocycles. The van der Waals surface area contributed by atoms with E-state index >= 15 is 0 Å². The third-order valence-corrected chi connectivity index (χ3v) is 6.47. The molecule has 2 aromatic rings. The first-order chi connectivity index (χ1) is 14.3. The van der Waals surface area contributed by atoms with Crippen LogP contribution < -0.4 is 4.74 Å². The van der Waals surface area contributed by atoms with E-state index in [2.05, 4.69) is 35.9 Å². The molecule has 3 rings (SSSR count). The summed E-state index contributed by atoms with van der Waals surface area (Å²) in [6.45, 7) is 5.39. The lowest BCUT2D eigenvalue weighted by molar-refractivity contribution is 0.199. The summed E-state index contributed by atoms with van der Waals surface area (Å²) in [4.78, 5) is 9.10. The summed E-state index contributed by atoms with van der Waals surface area (Å²) in [5, 5.41) is 0. The maximum absolute atomic E-state index is 5.99. The first kappa shape index (κ1) is 21.8. The number of aryl methyl sites for hydroxylation is 1. The van der Waals surface area contributed by atoms with Crippen LogP contribution in [0.1, 0.15) is 83.6 Å². The molecule has 1 heterocycles. The molecule has 0 radical (unpaired) electrons. The van der Waals surface area contributed by atoms with Gasteiger partial charge in [-0.25, -0.2) is 9.97 Å². The lowest BCUT2D eigenvalue weighted by Crippen LogP contribution is -2.19. The summed E-state index contributed by atoms with van der Waals surface area (Å²) < 4.78 is 5.99. The first-order valence-electron chi connectivity index (χ1n) is 11.8. The maximum atomic E-state index is 5.99. The smallest absolute Gasteiger partial charge is 0.159 e. The van der Waals surface area contributed by atoms with Crippen molar-refractivity contribution in [3.8, 4) is 17.1 Å². The summed E-state index contributed by atoms with van der Waals surface area (Å²) in [6.07, 6.45) is 18.3. The molecule has 1 aromatic heterocycles. The first-order valence-corrected chi connectivity index (χ1v) is 11.8. The van der Waals surface area contributed by atoms with E-state index in [1.54, 1.807) is 0 Å². The number of hydrogen-bond acceptors (Lipinski definition) is 3. The Hall–Kier alpha value is -1.90. The predicted octanol–water partition coefficient (Wildman–Crippen LogP) is 7.25. The van der Waals surface area contributed by atoms with E-state index in [4.69, 9.17) is 4.74 Å². The Morgan fingerprint density at radius 2 is 1.62 bits per heavy atom. The largest absolute Gasteiger partial charge is 0.494 e. The molecule has 1 saturated carbocycles. The summed E-state index contributed by atoms with van der Waals surface area (Å²) in [5.74, 6) is 3.60. The summed E-state index contributed by atoms with van der Waals surface area (Å²) in [7, 11) is 0. The molecular formula is C26H38N2O. The van der Waals surface area contributed by atoms with Gasteiger partial charge >= 0.3 is 0 Å². The third-order valence-electron chi connectivity index (χ3n) is 6.47. The number of rotatable bonds is 11. The number of nitrogens with zero attached hydrogens (tertiary/aromatic N) is 2. The van der Waals surface area contributed by atoms with Crippen molar-refractivity contribution in [1.29, 1.82) is 0 Å². The minimum atomic E-state index is 0.790. The number of ether oxygens (including phenoxy) is 1. The van der Waals surface area contributed by atoms with Crippen LogP contribution in [-0.4, -0.2) is 16.6 Å². The van der Waals surface area contributed by atoms with Crippen LogP contribution in [0.4, 0.5) is 0 Å². The van der Waals surface area contributed by atoms with Gasteiger partial charge in [-0.1, -0.05) is 58.8 Å². The highest BCUT2D eigenvalue weighted by atomic mass is 16.5. The molecule has 0 saturated heterocycles. The number of benzene rings is 1. The number of unbranched alkanes of at least 4 members (excludes halogenated alkanes) is 2. The fourth-order valence-electron chi connectivity index (χ4n) is 4.65. The molecule has 0 N–H and O–H groups in total. The lowest BCUT2D eigenvalue weighted by atomic mass is 9.76. The standard InChI is InChI=1S/C26H38N2O/c1-3-5-6-10-21-19-27-26(28-20-21)24-14-16-25(17-15-24)29-18-9-13-23-12-8-7-11-22(23)4-2/h14-17,19-20,22-23H,3-13,18H2,1-2H3. The molecule has 29 heavy (non-hydrogen) atoms. The van der Waals surface area contributed by atoms with E-state index in [0.717, 1.165) is 48.4 Å². The Morgan fingerprint density at radius 3 is 2.31 bits per heavy atom. The molecule has 0 aliphatic heterocycles. The topological polar surface area (TPSA) is 35.0 Å². The monoisotopic (exact) mass is 394 g/mol. The third kappa shape index (κ3) is 6.83. The molecule has 1 aliphatic rings. The van der Waals surface area contributed by atoms with Gasteiger partial charge in [-0.15, -0.1) is 0 Å². The van der Waals surface area contributed by atoms with Crippen molar-refractivity contribution < 1.29 is 4.74 Å². The normalized spacial score (nSPS) is 19.2. The van der Waals surface area contributed by atoms with Crippen molar-refractivity contribution in [3.63, 3.8) is 0 Å². The van der Waals surface area contributed by atoms with Gasteiger partial charge in [0, 0.05) is 18.0 Å². The highest BCUT2D eigenvalue weighted by molar-refractivity contribution is 5.55. The van der Waals surface area contributed by atoms with Crippen molar-refractivity contribution in [2.75, 3.05) is 6.61 Å². The van der Waals surface area contributed by atoms with Gasteiger partial charge < -0.3 is 4.74 Å². The van der Waals surface area contributed by atoms with E-state index in [1.807, 2.05) is 24.5 Å². The van der Waals surface area contributed by atoms with Gasteiger partial charge in [0.05, 0.1) is 6.61 Å². The summed E-state index contributed by atoms with van der Waals surface area (Å²) in [5.41, 5.74) is 2.27. The van der Waals surface area contributed by atoms with Crippen LogP contribution in [-0.2, 0) is 6.42 Å². The van der Waals surface area contributed by atoms with Gasteiger partial charge in [-0.3, -0.25) is 0 Å². The van der Waals surface area contributed by atoms with Gasteiger partial charge in [0.2, 0.25) is 0 Å². The predicted molar refractivity (Wildman–Crippen MR) is 121 cm³/mol. The zero-order valence-corrected chi connectivity index (χ0v) is 18.4. The second kappa shape index (κ2) is 11.9. The molecule has 0 bridgehead atoms. The number of hydrogen-bond donors (Lipinski definition) is 0. The van der Waals surface area contributed by atoms with Crippen molar-refractivity contribution in [1.82, 2.24) is 9.97 Å². The van der Waals surface area contributed by atoms with Crippen molar-refractivity contribution in [2.45, 2.75) is 84.5 Å². The molecule has 0 amide bonds. The van der Waals surface area contributed by atoms with Gasteiger partial charge in [-0.05, 0) is 67.3 Å². The number of aromatic nitrogens is 2. The molecule has 0 spiro atoms. The molecule has 2 unspecified atom stereocenters. The molecule has 158 valence electrons. The molecule has 1 aliphatic carbocycles. The van der Waals surface area contributed by atoms with Crippen LogP contribution in [0.15, 0.2) is 36.7 Å². The molecule has 1 fully saturated rings. The maximum Gasteiger partial charge on any atom is 0.159 e. The summed E-state index contributed by atoms with van der Waals surface area (Å²) in [6, 6.07) is 8.22. The van der Waals surface area contributed by atoms with Crippen LogP contribution in [0, 0.1) is 11.8 Å². The van der Waals surface area contributed by atoms with Gasteiger partial charge in [0.25, 0.3) is 0 Å². The minimum absolute atomic E-state index is 0.790. The van der Waals surface area contributed by atoms with Crippen LogP contribution in [0.2, 0.25) is 0 Å². The average molecular weight is 395 g/mol. The fourth-order valence-corrected chi connectivity index (χ4v) is 4.65. The average Bonchev–Trinajstić information content (AvgIpc) is 2.78. The van der Waals surface area contributed by atoms with Crippen LogP contribution in [0.5, 0.6) is 5.75 Å². The highest BCUT2D eigenvalue weighted by Crippen LogP contribution is 2.35. The SMILES string of the molecule is CCCCCc1cnc(-c2ccc(OCCCC3CCCCC3CC)cc2)nc1. The zero-order chi connectivity index (χ0) is 20.3. The molecule has 2 atom stereocenters. The van der Waals surface area contributed by atoms with E-state index in [0.29, 0.717) is 0 Å². The van der Waals surface area contributed by atoms with Gasteiger partial charge in [-0.2, -0.15) is 0 Å². The molecule has 3 nitrogen and oxygen atoms in total. The molecular weight excluding hydrogens is 356 g/mol. The Labute approximate surface area is 177 Å². The second-order valence-electron chi connectivity index (χ2n) is 8.60. The van der Waals surface area contributed by atoms with E-state index in [1.165, 1.54) is 63.4 Å². The van der Waals surface area contributed by atoms with Crippen molar-refractivity contribution >= 4 is 0 Å². The zero-order valence-electron chi connectivity index (χ0n) is 18.4. The Morgan fingerprint density at radius 1 is 0.897 bits per heavy atom. The van der Waals surface area contributed by atoms with Crippen molar-refractivity contribution in [2.24, 2.45) is 11.8 Å². The van der Waals surface area contributed by atoms with Crippen molar-refractivity contribution in [3.05, 3.63) is 42.2 Å². The second-order valence-corrected chi connectivity index (χ2v) is 8.60. The minimum Gasteiger partial charge on any atom is -0.494 e. The Kier molecular flexibility index (Phi) is 8.98. The quantitative estimate of drug-likeness (QED) is 0.376. The Balaban J connectivity index is 1.42. The lowest BCUT2D eigenvalue weighted by Gasteiger charge is -2.30. The van der Waals surface area contributed by atoms with Gasteiger partial charge in [0.1, 0.15) is 5.75 Å². The molecule has 3 heteroatoms. The Bertz CT molecular complexity index is 696. The van der Waals surface area contributed by atoms with E-state index in [9.17, 15) is 0 Å². The van der Waals surface area contributed by atoms with Crippen LogP contribution in [0.25, 0.3) is 11.4 Å². The van der Waals surface area contributed by atoms with Crippen LogP contribution >= 0.6 is 0 Å². The van der Waals surface area contributed by atoms with E-state index < -0.39 is 0 Å². The summed E-state index contributed by atoms with van der Waals surface area (Å²) >= 11 is 0.